The lowest BCUT2D eigenvalue weighted by molar-refractivity contribution is -0.129. The number of halogens is 2. The predicted molar refractivity (Wildman–Crippen MR) is 154 cm³/mol. The van der Waals surface area contributed by atoms with Crippen LogP contribution in [0.1, 0.15) is 30.0 Å². The van der Waals surface area contributed by atoms with Gasteiger partial charge in [0.15, 0.2) is 5.54 Å². The highest BCUT2D eigenvalue weighted by Gasteiger charge is 2.50. The number of ether oxygens (including phenoxy) is 2. The van der Waals surface area contributed by atoms with Gasteiger partial charge >= 0.3 is 0 Å². The second-order valence-electron chi connectivity index (χ2n) is 9.09. The Bertz CT molecular complexity index is 1430. The minimum absolute atomic E-state index is 0.0508. The topological polar surface area (TPSA) is 141 Å². The molecule has 0 radical (unpaired) electrons. The van der Waals surface area contributed by atoms with E-state index >= 15 is 0 Å². The fourth-order valence-electron chi connectivity index (χ4n) is 4.23. The number of hydrogen-bond acceptors (Lipinski definition) is 7. The molecule has 0 aromatic heterocycles. The van der Waals surface area contributed by atoms with Crippen molar-refractivity contribution in [1.82, 2.24) is 10.9 Å². The van der Waals surface area contributed by atoms with Crippen molar-refractivity contribution in [3.05, 3.63) is 104 Å². The Labute approximate surface area is 241 Å². The third-order valence-corrected chi connectivity index (χ3v) is 7.01. The summed E-state index contributed by atoms with van der Waals surface area (Å²) in [6, 6.07) is 19.3. The Balaban J connectivity index is 1.61. The van der Waals surface area contributed by atoms with Crippen LogP contribution in [0.3, 0.4) is 0 Å². The average Bonchev–Trinajstić information content (AvgIpc) is 3.28. The fraction of sp³-hybridized carbons (Fsp3) is 0.286. The van der Waals surface area contributed by atoms with E-state index in [0.29, 0.717) is 51.5 Å². The van der Waals surface area contributed by atoms with Crippen molar-refractivity contribution in [3.63, 3.8) is 0 Å². The number of aliphatic hydroxyl groups is 1. The summed E-state index contributed by atoms with van der Waals surface area (Å²) in [7, 11) is 0. The summed E-state index contributed by atoms with van der Waals surface area (Å²) in [5.41, 5.74) is 15.8. The average molecular weight is 583 g/mol. The SMILES string of the molecule is C[C@@H]1OC(c2ccc(OCCCO)cc2)=N[C@]1(Cc1ccccc1N=[N+]=[N-])C(=O)NNCc1ccc(Cl)cc1Cl. The number of nitrogens with one attached hydrogen (secondary N) is 2. The van der Waals surface area contributed by atoms with Crippen molar-refractivity contribution < 1.29 is 19.4 Å². The first-order valence-corrected chi connectivity index (χ1v) is 13.3. The van der Waals surface area contributed by atoms with E-state index in [4.69, 9.17) is 48.3 Å². The van der Waals surface area contributed by atoms with E-state index in [-0.39, 0.29) is 19.6 Å². The smallest absolute Gasteiger partial charge is 0.266 e. The van der Waals surface area contributed by atoms with Crippen LogP contribution in [-0.4, -0.2) is 41.8 Å². The molecule has 1 heterocycles. The summed E-state index contributed by atoms with van der Waals surface area (Å²) >= 11 is 12.3. The number of carbonyl (C=O) groups excluding carboxylic acids is 1. The molecule has 0 spiro atoms. The first-order chi connectivity index (χ1) is 19.4. The van der Waals surface area contributed by atoms with E-state index in [0.717, 1.165) is 5.56 Å². The van der Waals surface area contributed by atoms with Gasteiger partial charge in [-0.2, -0.15) is 0 Å². The summed E-state index contributed by atoms with van der Waals surface area (Å²) in [6.45, 7) is 2.47. The van der Waals surface area contributed by atoms with E-state index in [1.54, 1.807) is 73.7 Å². The summed E-state index contributed by atoms with van der Waals surface area (Å²) < 4.78 is 11.7. The minimum Gasteiger partial charge on any atom is -0.494 e. The fourth-order valence-corrected chi connectivity index (χ4v) is 4.71. The molecule has 0 saturated carbocycles. The van der Waals surface area contributed by atoms with Crippen LogP contribution >= 0.6 is 23.2 Å². The molecule has 0 fully saturated rings. The van der Waals surface area contributed by atoms with Crippen LogP contribution in [0.5, 0.6) is 5.75 Å². The number of rotatable bonds is 12. The highest BCUT2D eigenvalue weighted by Crippen LogP contribution is 2.35. The lowest BCUT2D eigenvalue weighted by Gasteiger charge is -2.28. The molecule has 208 valence electrons. The molecule has 10 nitrogen and oxygen atoms in total. The van der Waals surface area contributed by atoms with Gasteiger partial charge in [-0.1, -0.05) is 58.6 Å². The molecular weight excluding hydrogens is 555 g/mol. The molecule has 2 atom stereocenters. The van der Waals surface area contributed by atoms with Crippen LogP contribution in [0.2, 0.25) is 10.0 Å². The molecule has 1 aliphatic rings. The zero-order valence-electron chi connectivity index (χ0n) is 21.7. The molecule has 4 rings (SSSR count). The van der Waals surface area contributed by atoms with Gasteiger partial charge in [0.1, 0.15) is 11.9 Å². The number of aliphatic hydroxyl groups excluding tert-OH is 1. The molecular formula is C28H28Cl2N6O4. The third-order valence-electron chi connectivity index (χ3n) is 6.43. The number of carbonyl (C=O) groups is 1. The van der Waals surface area contributed by atoms with Crippen LogP contribution < -0.4 is 15.6 Å². The van der Waals surface area contributed by atoms with E-state index < -0.39 is 17.6 Å². The lowest BCUT2D eigenvalue weighted by atomic mass is 9.85. The Hall–Kier alpha value is -3.79. The number of aliphatic imine (C=N–C) groups is 1. The second-order valence-corrected chi connectivity index (χ2v) is 9.93. The Morgan fingerprint density at radius 3 is 2.67 bits per heavy atom. The zero-order chi connectivity index (χ0) is 28.5. The normalized spacial score (nSPS) is 17.9. The van der Waals surface area contributed by atoms with Crippen LogP contribution in [0, 0.1) is 0 Å². The number of azide groups is 1. The molecule has 0 aliphatic carbocycles. The van der Waals surface area contributed by atoms with E-state index in [1.807, 2.05) is 0 Å². The Kier molecular flexibility index (Phi) is 9.87. The van der Waals surface area contributed by atoms with Crippen molar-refractivity contribution in [2.75, 3.05) is 13.2 Å². The number of hydrazine groups is 1. The van der Waals surface area contributed by atoms with Gasteiger partial charge in [-0.25, -0.2) is 10.4 Å². The van der Waals surface area contributed by atoms with Gasteiger partial charge in [-0.15, -0.1) is 0 Å². The van der Waals surface area contributed by atoms with Crippen LogP contribution in [0.4, 0.5) is 5.69 Å². The van der Waals surface area contributed by atoms with Crippen molar-refractivity contribution in [1.29, 1.82) is 0 Å². The maximum absolute atomic E-state index is 13.8. The van der Waals surface area contributed by atoms with Gasteiger partial charge in [0, 0.05) is 52.2 Å². The number of hydrogen-bond donors (Lipinski definition) is 3. The summed E-state index contributed by atoms with van der Waals surface area (Å²) in [6.07, 6.45) is -0.0183. The van der Waals surface area contributed by atoms with E-state index in [1.165, 1.54) is 0 Å². The van der Waals surface area contributed by atoms with Crippen LogP contribution in [0.25, 0.3) is 10.4 Å². The molecule has 3 aromatic rings. The molecule has 3 aromatic carbocycles. The van der Waals surface area contributed by atoms with Crippen LogP contribution in [-0.2, 0) is 22.5 Å². The first kappa shape index (κ1) is 29.2. The van der Waals surface area contributed by atoms with Gasteiger partial charge in [0.05, 0.1) is 6.61 Å². The van der Waals surface area contributed by atoms with Crippen LogP contribution in [0.15, 0.2) is 76.8 Å². The predicted octanol–water partition coefficient (Wildman–Crippen LogP) is 5.66. The molecule has 1 aliphatic heterocycles. The van der Waals surface area contributed by atoms with Crippen molar-refractivity contribution in [2.24, 2.45) is 10.1 Å². The van der Waals surface area contributed by atoms with Crippen molar-refractivity contribution >= 4 is 40.7 Å². The summed E-state index contributed by atoms with van der Waals surface area (Å²) in [4.78, 5) is 21.5. The highest BCUT2D eigenvalue weighted by atomic mass is 35.5. The third kappa shape index (κ3) is 6.85. The Morgan fingerprint density at radius 1 is 1.18 bits per heavy atom. The first-order valence-electron chi connectivity index (χ1n) is 12.6. The standard InChI is InChI=1S/C28H28Cl2N6O4/c1-18-28(16-20-5-2-3-6-25(20)34-36-31,27(38)35-32-17-21-7-10-22(29)15-24(21)30)33-26(40-18)19-8-11-23(12-9-19)39-14-4-13-37/h2-3,5-12,15,18,32,37H,4,13-14,16-17H2,1H3,(H,35,38)/t18-,28-/m0/s1. The maximum atomic E-state index is 13.8. The minimum atomic E-state index is -1.39. The lowest BCUT2D eigenvalue weighted by Crippen LogP contribution is -2.55. The molecule has 0 bridgehead atoms. The summed E-state index contributed by atoms with van der Waals surface area (Å²) in [5.74, 6) is 0.507. The van der Waals surface area contributed by atoms with Crippen molar-refractivity contribution in [2.45, 2.75) is 38.0 Å². The highest BCUT2D eigenvalue weighted by molar-refractivity contribution is 6.35. The molecule has 0 unspecified atom stereocenters. The summed E-state index contributed by atoms with van der Waals surface area (Å²) in [5, 5.41) is 13.7. The van der Waals surface area contributed by atoms with Gasteiger partial charge in [0.2, 0.25) is 5.90 Å². The van der Waals surface area contributed by atoms with Gasteiger partial charge in [-0.3, -0.25) is 10.2 Å². The maximum Gasteiger partial charge on any atom is 0.266 e. The zero-order valence-corrected chi connectivity index (χ0v) is 23.2. The largest absolute Gasteiger partial charge is 0.494 e. The molecule has 1 amide bonds. The van der Waals surface area contributed by atoms with Crippen molar-refractivity contribution in [3.8, 4) is 5.75 Å². The van der Waals surface area contributed by atoms with E-state index in [2.05, 4.69) is 20.9 Å². The van der Waals surface area contributed by atoms with Gasteiger partial charge < -0.3 is 14.6 Å². The number of nitrogens with zero attached hydrogens (tertiary/aromatic N) is 4. The molecule has 12 heteroatoms. The number of benzene rings is 3. The Morgan fingerprint density at radius 2 is 1.95 bits per heavy atom. The van der Waals surface area contributed by atoms with Gasteiger partial charge in [0.25, 0.3) is 5.91 Å². The van der Waals surface area contributed by atoms with Gasteiger partial charge in [-0.05, 0) is 60.0 Å². The monoisotopic (exact) mass is 582 g/mol. The molecule has 0 saturated heterocycles. The molecule has 40 heavy (non-hydrogen) atoms. The molecule has 3 N–H and O–H groups in total. The van der Waals surface area contributed by atoms with E-state index in [9.17, 15) is 4.79 Å². The quantitative estimate of drug-likeness (QED) is 0.0829. The number of amides is 1. The second kappa shape index (κ2) is 13.5.